The van der Waals surface area contributed by atoms with Crippen molar-refractivity contribution in [1.29, 1.82) is 0 Å². The van der Waals surface area contributed by atoms with Crippen LogP contribution in [-0.2, 0) is 0 Å². The lowest BCUT2D eigenvalue weighted by atomic mass is 10.2. The Morgan fingerprint density at radius 1 is 0.657 bits per heavy atom. The Balaban J connectivity index is 1.68. The number of hydrogen-bond donors (Lipinski definition) is 0. The monoisotopic (exact) mass is 468 g/mol. The fourth-order valence-electron chi connectivity index (χ4n) is 3.41. The molecule has 0 aliphatic heterocycles. The first kappa shape index (κ1) is 23.6. The Labute approximate surface area is 203 Å². The number of nitrogens with zero attached hydrogens (tertiary/aromatic N) is 4. The summed E-state index contributed by atoms with van der Waals surface area (Å²) in [5.74, 6) is 1.31. The quantitative estimate of drug-likeness (QED) is 0.278. The minimum absolute atomic E-state index is 0.0428. The molecule has 8 nitrogen and oxygen atoms in total. The Morgan fingerprint density at radius 2 is 1.11 bits per heavy atom. The second kappa shape index (κ2) is 11.0. The van der Waals surface area contributed by atoms with Crippen LogP contribution in [0.15, 0.2) is 72.8 Å². The molecule has 4 aromatic rings. The van der Waals surface area contributed by atoms with Gasteiger partial charge in [0.2, 0.25) is 0 Å². The van der Waals surface area contributed by atoms with Crippen LogP contribution >= 0.6 is 0 Å². The summed E-state index contributed by atoms with van der Waals surface area (Å²) in [6.45, 7) is 6.03. The highest BCUT2D eigenvalue weighted by Crippen LogP contribution is 2.27. The molecule has 0 spiro atoms. The number of benzene rings is 3. The molecular formula is C27H24N4O4. The van der Waals surface area contributed by atoms with Crippen molar-refractivity contribution in [2.45, 2.75) is 13.8 Å². The van der Waals surface area contributed by atoms with E-state index in [2.05, 4.69) is 33.7 Å². The molecule has 1 aromatic heterocycles. The predicted octanol–water partition coefficient (Wildman–Crippen LogP) is 5.59. The number of rotatable bonds is 10. The van der Waals surface area contributed by atoms with Crippen molar-refractivity contribution in [3.8, 4) is 34.9 Å². The highest BCUT2D eigenvalue weighted by atomic mass is 16.5. The first-order valence-electron chi connectivity index (χ1n) is 11.2. The Kier molecular flexibility index (Phi) is 7.42. The highest BCUT2D eigenvalue weighted by Gasteiger charge is 2.13. The molecular weight excluding hydrogens is 444 g/mol. The van der Waals surface area contributed by atoms with Crippen molar-refractivity contribution in [1.82, 2.24) is 15.0 Å². The molecule has 35 heavy (non-hydrogen) atoms. The summed E-state index contributed by atoms with van der Waals surface area (Å²) in [7, 11) is 0. The van der Waals surface area contributed by atoms with E-state index in [-0.39, 0.29) is 12.0 Å². The average Bonchev–Trinajstić information content (AvgIpc) is 2.90. The Hall–Kier alpha value is -4.59. The molecule has 0 fully saturated rings. The summed E-state index contributed by atoms with van der Waals surface area (Å²) < 4.78 is 11.7. The molecule has 3 aromatic carbocycles. The molecule has 0 aliphatic carbocycles. The summed E-state index contributed by atoms with van der Waals surface area (Å²) in [6.07, 6.45) is 1.52. The van der Waals surface area contributed by atoms with Crippen LogP contribution in [0.1, 0.15) is 34.6 Å². The van der Waals surface area contributed by atoms with Gasteiger partial charge in [-0.05, 0) is 86.6 Å². The van der Waals surface area contributed by atoms with Crippen LogP contribution in [0, 0.1) is 0 Å². The van der Waals surface area contributed by atoms with Crippen molar-refractivity contribution in [3.05, 3.63) is 83.9 Å². The van der Waals surface area contributed by atoms with Gasteiger partial charge in [-0.1, -0.05) is 0 Å². The molecule has 0 N–H and O–H groups in total. The minimum Gasteiger partial charge on any atom is -0.424 e. The van der Waals surface area contributed by atoms with E-state index in [0.29, 0.717) is 28.5 Å². The largest absolute Gasteiger partial charge is 0.424 e. The maximum atomic E-state index is 10.9. The SMILES string of the molecule is CCN(CC)c1ccc(-c2nc(Oc3ccc(C=O)cc3)nc(Oc3ccc(C=O)cc3)n2)cc1. The molecule has 0 bridgehead atoms. The summed E-state index contributed by atoms with van der Waals surface area (Å²) >= 11 is 0. The van der Waals surface area contributed by atoms with E-state index in [0.717, 1.165) is 36.9 Å². The van der Waals surface area contributed by atoms with Gasteiger partial charge in [0.15, 0.2) is 5.82 Å². The molecule has 0 atom stereocenters. The maximum Gasteiger partial charge on any atom is 0.328 e. The first-order chi connectivity index (χ1) is 17.1. The first-order valence-corrected chi connectivity index (χ1v) is 11.2. The molecule has 0 amide bonds. The fourth-order valence-corrected chi connectivity index (χ4v) is 3.41. The normalized spacial score (nSPS) is 10.5. The number of aldehydes is 2. The average molecular weight is 469 g/mol. The van der Waals surface area contributed by atoms with Gasteiger partial charge in [-0.15, -0.1) is 4.98 Å². The lowest BCUT2D eigenvalue weighted by Gasteiger charge is -2.21. The van der Waals surface area contributed by atoms with E-state index >= 15 is 0 Å². The number of aromatic nitrogens is 3. The van der Waals surface area contributed by atoms with Crippen molar-refractivity contribution in [2.75, 3.05) is 18.0 Å². The molecule has 0 unspecified atom stereocenters. The summed E-state index contributed by atoms with van der Waals surface area (Å²) in [6, 6.07) is 21.2. The van der Waals surface area contributed by atoms with Gasteiger partial charge in [0.25, 0.3) is 0 Å². The van der Waals surface area contributed by atoms with Crippen LogP contribution in [0.2, 0.25) is 0 Å². The molecule has 0 aliphatic rings. The van der Waals surface area contributed by atoms with E-state index in [1.807, 2.05) is 24.3 Å². The lowest BCUT2D eigenvalue weighted by molar-refractivity contribution is 0.111. The molecule has 0 saturated heterocycles. The minimum atomic E-state index is 0.0428. The molecule has 0 radical (unpaired) electrons. The second-order valence-electron chi connectivity index (χ2n) is 7.52. The Bertz CT molecular complexity index is 1210. The van der Waals surface area contributed by atoms with E-state index < -0.39 is 0 Å². The third-order valence-electron chi connectivity index (χ3n) is 5.30. The fraction of sp³-hybridized carbons (Fsp3) is 0.148. The maximum absolute atomic E-state index is 10.9. The highest BCUT2D eigenvalue weighted by molar-refractivity contribution is 5.75. The number of ether oxygens (including phenoxy) is 2. The molecule has 4 rings (SSSR count). The van der Waals surface area contributed by atoms with Crippen LogP contribution in [-0.4, -0.2) is 40.6 Å². The van der Waals surface area contributed by atoms with Gasteiger partial charge in [0.05, 0.1) is 0 Å². The smallest absolute Gasteiger partial charge is 0.328 e. The van der Waals surface area contributed by atoms with Crippen LogP contribution in [0.3, 0.4) is 0 Å². The number of carbonyl (C=O) groups is 2. The van der Waals surface area contributed by atoms with Gasteiger partial charge in [-0.2, -0.15) is 9.97 Å². The lowest BCUT2D eigenvalue weighted by Crippen LogP contribution is -2.21. The van der Waals surface area contributed by atoms with Gasteiger partial charge in [-0.3, -0.25) is 9.59 Å². The van der Waals surface area contributed by atoms with Crippen LogP contribution < -0.4 is 14.4 Å². The zero-order valence-electron chi connectivity index (χ0n) is 19.4. The van der Waals surface area contributed by atoms with Gasteiger partial charge >= 0.3 is 12.0 Å². The zero-order valence-corrected chi connectivity index (χ0v) is 19.4. The van der Waals surface area contributed by atoms with Gasteiger partial charge in [0, 0.05) is 35.5 Å². The summed E-state index contributed by atoms with van der Waals surface area (Å²) in [5, 5.41) is 0. The third-order valence-corrected chi connectivity index (χ3v) is 5.30. The zero-order chi connectivity index (χ0) is 24.6. The van der Waals surface area contributed by atoms with E-state index in [4.69, 9.17) is 9.47 Å². The van der Waals surface area contributed by atoms with E-state index in [1.165, 1.54) is 0 Å². The predicted molar refractivity (Wildman–Crippen MR) is 133 cm³/mol. The number of hydrogen-bond acceptors (Lipinski definition) is 8. The van der Waals surface area contributed by atoms with Crippen molar-refractivity contribution < 1.29 is 19.1 Å². The van der Waals surface area contributed by atoms with E-state index in [9.17, 15) is 9.59 Å². The van der Waals surface area contributed by atoms with Crippen molar-refractivity contribution >= 4 is 18.3 Å². The van der Waals surface area contributed by atoms with Crippen LogP contribution in [0.4, 0.5) is 5.69 Å². The van der Waals surface area contributed by atoms with Gasteiger partial charge in [-0.25, -0.2) is 0 Å². The number of anilines is 1. The summed E-state index contributed by atoms with van der Waals surface area (Å²) in [4.78, 5) is 37.3. The number of carbonyl (C=O) groups excluding carboxylic acids is 2. The van der Waals surface area contributed by atoms with Crippen molar-refractivity contribution in [3.63, 3.8) is 0 Å². The van der Waals surface area contributed by atoms with Crippen molar-refractivity contribution in [2.24, 2.45) is 0 Å². The van der Waals surface area contributed by atoms with Gasteiger partial charge < -0.3 is 14.4 Å². The molecule has 0 saturated carbocycles. The Morgan fingerprint density at radius 3 is 1.51 bits per heavy atom. The molecule has 176 valence electrons. The van der Waals surface area contributed by atoms with Crippen LogP contribution in [0.25, 0.3) is 11.4 Å². The van der Waals surface area contributed by atoms with E-state index in [1.54, 1.807) is 48.5 Å². The molecule has 1 heterocycles. The summed E-state index contributed by atoms with van der Waals surface area (Å²) in [5.41, 5.74) is 2.94. The second-order valence-corrected chi connectivity index (χ2v) is 7.52. The van der Waals surface area contributed by atoms with Crippen LogP contribution in [0.5, 0.6) is 23.5 Å². The topological polar surface area (TPSA) is 94.5 Å². The third kappa shape index (κ3) is 5.86. The molecule has 8 heteroatoms. The van der Waals surface area contributed by atoms with Gasteiger partial charge in [0.1, 0.15) is 24.1 Å². The standard InChI is InChI=1S/C27H24N4O4/c1-3-31(4-2)22-11-9-21(10-12-22)25-28-26(34-23-13-5-19(17-32)6-14-23)30-27(29-25)35-24-15-7-20(18-33)8-16-24/h5-18H,3-4H2,1-2H3.